The lowest BCUT2D eigenvalue weighted by Gasteiger charge is -2.14. The zero-order valence-electron chi connectivity index (χ0n) is 13.9. The summed E-state index contributed by atoms with van der Waals surface area (Å²) in [5, 5.41) is 0. The van der Waals surface area contributed by atoms with E-state index < -0.39 is 0 Å². The molecule has 0 radical (unpaired) electrons. The number of hydrogen-bond donors (Lipinski definition) is 0. The molecule has 0 N–H and O–H groups in total. The van der Waals surface area contributed by atoms with Gasteiger partial charge in [0.05, 0.1) is 17.6 Å². The van der Waals surface area contributed by atoms with Gasteiger partial charge in [-0.25, -0.2) is 4.98 Å². The molecule has 0 spiro atoms. The first-order valence-electron chi connectivity index (χ1n) is 8.57. The highest BCUT2D eigenvalue weighted by Gasteiger charge is 2.24. The first kappa shape index (κ1) is 15.2. The van der Waals surface area contributed by atoms with E-state index in [9.17, 15) is 0 Å². The van der Waals surface area contributed by atoms with Crippen LogP contribution < -0.4 is 4.74 Å². The van der Waals surface area contributed by atoms with Crippen molar-refractivity contribution in [2.45, 2.75) is 32.4 Å². The van der Waals surface area contributed by atoms with Crippen LogP contribution in [0.5, 0.6) is 5.75 Å². The number of aryl methyl sites for hydroxylation is 1. The van der Waals surface area contributed by atoms with Crippen LogP contribution in [-0.4, -0.2) is 22.8 Å². The molecule has 0 saturated carbocycles. The Bertz CT molecular complexity index is 835. The fourth-order valence-corrected chi connectivity index (χ4v) is 3.32. The summed E-state index contributed by atoms with van der Waals surface area (Å²) in [5.74, 6) is 1.94. The van der Waals surface area contributed by atoms with Crippen LogP contribution in [0, 0.1) is 6.92 Å². The molecule has 0 aliphatic carbocycles. The second-order valence-corrected chi connectivity index (χ2v) is 6.28. The average molecular weight is 322 g/mol. The lowest BCUT2D eigenvalue weighted by molar-refractivity contribution is 0.101. The summed E-state index contributed by atoms with van der Waals surface area (Å²) in [6, 6.07) is 16.4. The van der Waals surface area contributed by atoms with E-state index in [0.717, 1.165) is 48.6 Å². The van der Waals surface area contributed by atoms with Crippen LogP contribution in [0.2, 0.25) is 0 Å². The maximum atomic E-state index is 5.94. The van der Waals surface area contributed by atoms with E-state index >= 15 is 0 Å². The van der Waals surface area contributed by atoms with Crippen molar-refractivity contribution in [3.05, 3.63) is 59.9 Å². The van der Waals surface area contributed by atoms with Gasteiger partial charge in [0, 0.05) is 6.61 Å². The fourth-order valence-electron chi connectivity index (χ4n) is 3.32. The van der Waals surface area contributed by atoms with E-state index in [1.54, 1.807) is 0 Å². The van der Waals surface area contributed by atoms with Crippen LogP contribution in [0.4, 0.5) is 0 Å². The van der Waals surface area contributed by atoms with Crippen LogP contribution >= 0.6 is 0 Å². The number of fused-ring (bicyclic) bond motifs is 1. The van der Waals surface area contributed by atoms with Gasteiger partial charge in [-0.15, -0.1) is 0 Å². The Morgan fingerprint density at radius 1 is 1.21 bits per heavy atom. The summed E-state index contributed by atoms with van der Waals surface area (Å²) in [6.07, 6.45) is 2.26. The van der Waals surface area contributed by atoms with Crippen molar-refractivity contribution in [2.24, 2.45) is 0 Å². The molecule has 2 heterocycles. The lowest BCUT2D eigenvalue weighted by Crippen LogP contribution is -2.13. The first-order valence-corrected chi connectivity index (χ1v) is 8.57. The molecule has 124 valence electrons. The predicted molar refractivity (Wildman–Crippen MR) is 94.3 cm³/mol. The molecule has 0 amide bonds. The Morgan fingerprint density at radius 3 is 2.96 bits per heavy atom. The van der Waals surface area contributed by atoms with Crippen LogP contribution in [0.3, 0.4) is 0 Å². The minimum absolute atomic E-state index is 0.108. The van der Waals surface area contributed by atoms with Crippen molar-refractivity contribution in [3.63, 3.8) is 0 Å². The number of aromatic nitrogens is 2. The van der Waals surface area contributed by atoms with Crippen LogP contribution in [-0.2, 0) is 11.3 Å². The standard InChI is InChI=1S/C20H22N2O2/c1-15-6-4-7-16(14-15)23-13-11-22-18-9-3-2-8-17(18)21-20(22)19-10-5-12-24-19/h2-4,6-9,14,19H,5,10-13H2,1H3/t19-/m0/s1. The highest BCUT2D eigenvalue weighted by molar-refractivity contribution is 5.76. The van der Waals surface area contributed by atoms with Gasteiger partial charge in [-0.3, -0.25) is 0 Å². The third-order valence-electron chi connectivity index (χ3n) is 4.47. The van der Waals surface area contributed by atoms with Crippen molar-refractivity contribution in [1.82, 2.24) is 9.55 Å². The number of hydrogen-bond acceptors (Lipinski definition) is 3. The van der Waals surface area contributed by atoms with Crippen molar-refractivity contribution in [2.75, 3.05) is 13.2 Å². The summed E-state index contributed by atoms with van der Waals surface area (Å²) in [4.78, 5) is 4.82. The van der Waals surface area contributed by atoms with E-state index in [4.69, 9.17) is 14.5 Å². The molecular weight excluding hydrogens is 300 g/mol. The van der Waals surface area contributed by atoms with Crippen molar-refractivity contribution in [1.29, 1.82) is 0 Å². The van der Waals surface area contributed by atoms with E-state index in [0.29, 0.717) is 6.61 Å². The van der Waals surface area contributed by atoms with Crippen LogP contribution in [0.1, 0.15) is 30.3 Å². The third-order valence-corrected chi connectivity index (χ3v) is 4.47. The van der Waals surface area contributed by atoms with Gasteiger partial charge in [-0.05, 0) is 49.6 Å². The van der Waals surface area contributed by atoms with Gasteiger partial charge < -0.3 is 14.0 Å². The quantitative estimate of drug-likeness (QED) is 0.703. The van der Waals surface area contributed by atoms with Crippen LogP contribution in [0.15, 0.2) is 48.5 Å². The Balaban J connectivity index is 1.56. The summed E-state index contributed by atoms with van der Waals surface area (Å²) in [5.41, 5.74) is 3.38. The molecule has 1 aliphatic heterocycles. The zero-order chi connectivity index (χ0) is 16.4. The van der Waals surface area contributed by atoms with Gasteiger partial charge in [-0.2, -0.15) is 0 Å². The van der Waals surface area contributed by atoms with Gasteiger partial charge in [0.15, 0.2) is 0 Å². The molecule has 0 bridgehead atoms. The number of imidazole rings is 1. The molecule has 0 unspecified atom stereocenters. The highest BCUT2D eigenvalue weighted by Crippen LogP contribution is 2.30. The van der Waals surface area contributed by atoms with Gasteiger partial charge in [-0.1, -0.05) is 24.3 Å². The number of para-hydroxylation sites is 2. The molecule has 1 aromatic heterocycles. The minimum atomic E-state index is 0.108. The van der Waals surface area contributed by atoms with Crippen LogP contribution in [0.25, 0.3) is 11.0 Å². The van der Waals surface area contributed by atoms with Gasteiger partial charge in [0.1, 0.15) is 24.3 Å². The zero-order valence-corrected chi connectivity index (χ0v) is 13.9. The third kappa shape index (κ3) is 3.02. The topological polar surface area (TPSA) is 36.3 Å². The largest absolute Gasteiger partial charge is 0.492 e. The van der Waals surface area contributed by atoms with E-state index in [1.807, 2.05) is 18.2 Å². The molecule has 1 fully saturated rings. The van der Waals surface area contributed by atoms with Crippen molar-refractivity contribution < 1.29 is 9.47 Å². The fraction of sp³-hybridized carbons (Fsp3) is 0.350. The van der Waals surface area contributed by atoms with Gasteiger partial charge in [0.2, 0.25) is 0 Å². The molecule has 3 aromatic rings. The van der Waals surface area contributed by atoms with E-state index in [-0.39, 0.29) is 6.10 Å². The summed E-state index contributed by atoms with van der Waals surface area (Å²) in [7, 11) is 0. The second-order valence-electron chi connectivity index (χ2n) is 6.28. The lowest BCUT2D eigenvalue weighted by atomic mass is 10.2. The number of ether oxygens (including phenoxy) is 2. The Hall–Kier alpha value is -2.33. The first-order chi connectivity index (χ1) is 11.8. The molecule has 4 nitrogen and oxygen atoms in total. The molecule has 1 atom stereocenters. The molecule has 2 aromatic carbocycles. The molecule has 4 rings (SSSR count). The van der Waals surface area contributed by atoms with E-state index in [2.05, 4.69) is 41.8 Å². The molecule has 1 aliphatic rings. The molecule has 24 heavy (non-hydrogen) atoms. The number of benzene rings is 2. The van der Waals surface area contributed by atoms with Crippen molar-refractivity contribution in [3.8, 4) is 5.75 Å². The molecule has 1 saturated heterocycles. The summed E-state index contributed by atoms with van der Waals surface area (Å²) in [6.45, 7) is 4.28. The number of nitrogens with zero attached hydrogens (tertiary/aromatic N) is 2. The minimum Gasteiger partial charge on any atom is -0.492 e. The Labute approximate surface area is 142 Å². The average Bonchev–Trinajstić information content (AvgIpc) is 3.23. The van der Waals surface area contributed by atoms with E-state index in [1.165, 1.54) is 5.56 Å². The van der Waals surface area contributed by atoms with Gasteiger partial charge >= 0.3 is 0 Å². The summed E-state index contributed by atoms with van der Waals surface area (Å²) >= 11 is 0. The highest BCUT2D eigenvalue weighted by atomic mass is 16.5. The number of rotatable bonds is 5. The predicted octanol–water partition coefficient (Wildman–Crippen LogP) is 4.28. The smallest absolute Gasteiger partial charge is 0.139 e. The normalized spacial score (nSPS) is 17.5. The summed E-state index contributed by atoms with van der Waals surface area (Å²) < 4.78 is 14.1. The Morgan fingerprint density at radius 2 is 2.12 bits per heavy atom. The molecule has 4 heteroatoms. The monoisotopic (exact) mass is 322 g/mol. The SMILES string of the molecule is Cc1cccc(OCCn2c([C@@H]3CCCO3)nc3ccccc32)c1. The van der Waals surface area contributed by atoms with Gasteiger partial charge in [0.25, 0.3) is 0 Å². The maximum Gasteiger partial charge on any atom is 0.139 e. The molecular formula is C20H22N2O2. The second kappa shape index (κ2) is 6.65. The van der Waals surface area contributed by atoms with Crippen molar-refractivity contribution >= 4 is 11.0 Å². The maximum absolute atomic E-state index is 5.94. The Kier molecular flexibility index (Phi) is 4.22.